The molecule has 5 heteroatoms. The van der Waals surface area contributed by atoms with Crippen molar-refractivity contribution in [2.45, 2.75) is 0 Å². The summed E-state index contributed by atoms with van der Waals surface area (Å²) in [4.78, 5) is 5.76. The number of ether oxygens (including phenoxy) is 1. The Hall–Kier alpha value is -2.30. The summed E-state index contributed by atoms with van der Waals surface area (Å²) < 4.78 is 18.3. The summed E-state index contributed by atoms with van der Waals surface area (Å²) in [6.07, 6.45) is 1.10. The molecule has 1 aromatic carbocycles. The van der Waals surface area contributed by atoms with Crippen molar-refractivity contribution in [2.75, 3.05) is 24.7 Å². The van der Waals surface area contributed by atoms with Gasteiger partial charge in [0.1, 0.15) is 5.82 Å². The fraction of sp³-hybridized carbons (Fsp3) is 0.154. The molecule has 0 atom stereocenters. The van der Waals surface area contributed by atoms with Crippen LogP contribution in [0.4, 0.5) is 15.8 Å². The molecule has 18 heavy (non-hydrogen) atoms. The van der Waals surface area contributed by atoms with Gasteiger partial charge in [-0.05, 0) is 18.2 Å². The number of nitrogen functional groups attached to an aromatic ring is 1. The van der Waals surface area contributed by atoms with Crippen molar-refractivity contribution in [2.24, 2.45) is 0 Å². The molecule has 0 fully saturated rings. The minimum Gasteiger partial charge on any atom is -0.437 e. The Kier molecular flexibility index (Phi) is 3.32. The van der Waals surface area contributed by atoms with Gasteiger partial charge >= 0.3 is 0 Å². The lowest BCUT2D eigenvalue weighted by molar-refractivity contribution is 0.461. The van der Waals surface area contributed by atoms with Crippen molar-refractivity contribution >= 4 is 11.4 Å². The van der Waals surface area contributed by atoms with Crippen LogP contribution in [0.1, 0.15) is 0 Å². The van der Waals surface area contributed by atoms with Crippen molar-refractivity contribution in [1.29, 1.82) is 0 Å². The molecule has 2 N–H and O–H groups in total. The van der Waals surface area contributed by atoms with Gasteiger partial charge in [-0.2, -0.15) is 0 Å². The number of hydrogen-bond donors (Lipinski definition) is 1. The number of nitrogens with zero attached hydrogens (tertiary/aromatic N) is 2. The van der Waals surface area contributed by atoms with Gasteiger partial charge in [-0.15, -0.1) is 0 Å². The summed E-state index contributed by atoms with van der Waals surface area (Å²) in [6.45, 7) is 0. The van der Waals surface area contributed by atoms with Crippen molar-refractivity contribution in [3.63, 3.8) is 0 Å². The van der Waals surface area contributed by atoms with Crippen LogP contribution in [-0.2, 0) is 0 Å². The highest BCUT2D eigenvalue weighted by molar-refractivity contribution is 5.62. The van der Waals surface area contributed by atoms with Gasteiger partial charge in [-0.25, -0.2) is 9.37 Å². The first-order valence-electron chi connectivity index (χ1n) is 5.42. The zero-order valence-electron chi connectivity index (χ0n) is 10.2. The fourth-order valence-electron chi connectivity index (χ4n) is 1.42. The average Bonchev–Trinajstić information content (AvgIpc) is 2.34. The summed E-state index contributed by atoms with van der Waals surface area (Å²) in [5, 5.41) is 0. The van der Waals surface area contributed by atoms with E-state index in [4.69, 9.17) is 10.5 Å². The molecule has 1 heterocycles. The lowest BCUT2D eigenvalue weighted by Gasteiger charge is -2.15. The molecule has 0 saturated heterocycles. The Morgan fingerprint density at radius 3 is 2.61 bits per heavy atom. The van der Waals surface area contributed by atoms with E-state index in [0.29, 0.717) is 17.3 Å². The zero-order valence-corrected chi connectivity index (χ0v) is 10.2. The van der Waals surface area contributed by atoms with E-state index >= 15 is 0 Å². The Balaban J connectivity index is 2.27. The number of anilines is 2. The fourth-order valence-corrected chi connectivity index (χ4v) is 1.42. The Morgan fingerprint density at radius 1 is 1.22 bits per heavy atom. The maximum Gasteiger partial charge on any atom is 0.219 e. The molecule has 2 rings (SSSR count). The van der Waals surface area contributed by atoms with Crippen LogP contribution in [0, 0.1) is 5.82 Å². The molecule has 1 aromatic heterocycles. The summed E-state index contributed by atoms with van der Waals surface area (Å²) in [5.41, 5.74) is 7.29. The third-order valence-corrected chi connectivity index (χ3v) is 2.43. The largest absolute Gasteiger partial charge is 0.437 e. The maximum absolute atomic E-state index is 12.7. The minimum absolute atomic E-state index is 0.305. The molecule has 0 radical (unpaired) electrons. The molecule has 0 unspecified atom stereocenters. The first-order chi connectivity index (χ1) is 8.56. The molecule has 0 aliphatic rings. The van der Waals surface area contributed by atoms with E-state index in [0.717, 1.165) is 11.9 Å². The van der Waals surface area contributed by atoms with Gasteiger partial charge in [0.15, 0.2) is 5.75 Å². The van der Waals surface area contributed by atoms with Crippen molar-refractivity contribution < 1.29 is 9.13 Å². The van der Waals surface area contributed by atoms with E-state index in [1.54, 1.807) is 12.1 Å². The second-order valence-corrected chi connectivity index (χ2v) is 4.03. The van der Waals surface area contributed by atoms with Gasteiger partial charge in [0.25, 0.3) is 0 Å². The zero-order chi connectivity index (χ0) is 13.1. The third kappa shape index (κ3) is 2.68. The van der Waals surface area contributed by atoms with Crippen LogP contribution in [0.3, 0.4) is 0 Å². The average molecular weight is 247 g/mol. The lowest BCUT2D eigenvalue weighted by atomic mass is 10.2. The summed E-state index contributed by atoms with van der Waals surface area (Å²) in [6, 6.07) is 8.19. The van der Waals surface area contributed by atoms with Gasteiger partial charge in [-0.3, -0.25) is 0 Å². The molecule has 94 valence electrons. The van der Waals surface area contributed by atoms with Crippen LogP contribution in [0.15, 0.2) is 36.5 Å². The molecular formula is C13H14FN3O. The topological polar surface area (TPSA) is 51.4 Å². The molecule has 4 nitrogen and oxygen atoms in total. The highest BCUT2D eigenvalue weighted by Gasteiger charge is 2.06. The predicted molar refractivity (Wildman–Crippen MR) is 69.5 cm³/mol. The molecule has 0 aliphatic carbocycles. The van der Waals surface area contributed by atoms with Crippen LogP contribution in [0.5, 0.6) is 11.6 Å². The van der Waals surface area contributed by atoms with E-state index < -0.39 is 5.82 Å². The number of nitrogens with two attached hydrogens (primary N) is 1. The molecule has 0 spiro atoms. The first kappa shape index (κ1) is 12.2. The quantitative estimate of drug-likeness (QED) is 0.847. The third-order valence-electron chi connectivity index (χ3n) is 2.43. The number of aromatic nitrogens is 1. The van der Waals surface area contributed by atoms with Crippen LogP contribution in [0.2, 0.25) is 0 Å². The SMILES string of the molecule is CN(C)c1ccc(N)c(Oc2ccc(F)cn2)c1. The van der Waals surface area contributed by atoms with E-state index in [1.807, 2.05) is 25.1 Å². The van der Waals surface area contributed by atoms with Gasteiger partial charge in [0.05, 0.1) is 11.9 Å². The first-order valence-corrected chi connectivity index (χ1v) is 5.42. The highest BCUT2D eigenvalue weighted by atomic mass is 19.1. The normalized spacial score (nSPS) is 10.2. The monoisotopic (exact) mass is 247 g/mol. The van der Waals surface area contributed by atoms with Crippen LogP contribution >= 0.6 is 0 Å². The standard InChI is InChI=1S/C13H14FN3O/c1-17(2)10-4-5-11(15)12(7-10)18-13-6-3-9(14)8-16-13/h3-8H,15H2,1-2H3. The van der Waals surface area contributed by atoms with Gasteiger partial charge < -0.3 is 15.4 Å². The molecule has 0 saturated carbocycles. The molecule has 0 aliphatic heterocycles. The Morgan fingerprint density at radius 2 is 2.00 bits per heavy atom. The minimum atomic E-state index is -0.405. The molecule has 0 amide bonds. The number of pyridine rings is 1. The predicted octanol–water partition coefficient (Wildman–Crippen LogP) is 2.66. The molecular weight excluding hydrogens is 233 g/mol. The van der Waals surface area contributed by atoms with Crippen molar-refractivity contribution in [3.8, 4) is 11.6 Å². The number of hydrogen-bond acceptors (Lipinski definition) is 4. The Bertz CT molecular complexity index is 540. The number of benzene rings is 1. The summed E-state index contributed by atoms with van der Waals surface area (Å²) >= 11 is 0. The summed E-state index contributed by atoms with van der Waals surface area (Å²) in [5.74, 6) is 0.400. The van der Waals surface area contributed by atoms with Crippen LogP contribution in [0.25, 0.3) is 0 Å². The number of rotatable bonds is 3. The van der Waals surface area contributed by atoms with E-state index in [-0.39, 0.29) is 0 Å². The molecule has 2 aromatic rings. The lowest BCUT2D eigenvalue weighted by Crippen LogP contribution is -2.08. The maximum atomic E-state index is 12.7. The van der Waals surface area contributed by atoms with Crippen molar-refractivity contribution in [1.82, 2.24) is 4.98 Å². The Labute approximate surface area is 105 Å². The van der Waals surface area contributed by atoms with Gasteiger partial charge in [0, 0.05) is 31.9 Å². The van der Waals surface area contributed by atoms with Crippen LogP contribution in [-0.4, -0.2) is 19.1 Å². The van der Waals surface area contributed by atoms with Crippen LogP contribution < -0.4 is 15.4 Å². The van der Waals surface area contributed by atoms with Gasteiger partial charge in [-0.1, -0.05) is 0 Å². The van der Waals surface area contributed by atoms with E-state index in [9.17, 15) is 4.39 Å². The highest BCUT2D eigenvalue weighted by Crippen LogP contribution is 2.30. The van der Waals surface area contributed by atoms with Gasteiger partial charge in [0.2, 0.25) is 5.88 Å². The number of halogens is 1. The second kappa shape index (κ2) is 4.91. The van der Waals surface area contributed by atoms with E-state index in [2.05, 4.69) is 4.98 Å². The molecule has 0 bridgehead atoms. The smallest absolute Gasteiger partial charge is 0.219 e. The van der Waals surface area contributed by atoms with Crippen molar-refractivity contribution in [3.05, 3.63) is 42.3 Å². The van der Waals surface area contributed by atoms with E-state index in [1.165, 1.54) is 12.1 Å². The summed E-state index contributed by atoms with van der Waals surface area (Å²) in [7, 11) is 3.84. The second-order valence-electron chi connectivity index (χ2n) is 4.03.